The molecule has 1 heteroatoms. The van der Waals surface area contributed by atoms with Gasteiger partial charge in [-0.1, -0.05) is 27.7 Å². The summed E-state index contributed by atoms with van der Waals surface area (Å²) in [5, 5.41) is 0. The quantitative estimate of drug-likeness (QED) is 0.550. The highest BCUT2D eigenvalue weighted by atomic mass is 16.5. The highest BCUT2D eigenvalue weighted by Gasteiger charge is 2.17. The Morgan fingerprint density at radius 2 is 1.90 bits per heavy atom. The average molecular weight is 144 g/mol. The molecular weight excluding hydrogens is 124 g/mol. The van der Waals surface area contributed by atoms with E-state index in [1.807, 2.05) is 13.8 Å². The molecule has 1 rings (SSSR count). The van der Waals surface area contributed by atoms with Crippen LogP contribution in [0.2, 0.25) is 0 Å². The molecule has 1 atom stereocenters. The fourth-order valence-electron chi connectivity index (χ4n) is 1.08. The molecule has 0 saturated carbocycles. The first-order valence-corrected chi connectivity index (χ1v) is 4.38. The van der Waals surface area contributed by atoms with E-state index in [1.165, 1.54) is 6.42 Å². The van der Waals surface area contributed by atoms with Crippen LogP contribution in [0.25, 0.3) is 0 Å². The summed E-state index contributed by atoms with van der Waals surface area (Å²) in [6.07, 6.45) is 1.28. The van der Waals surface area contributed by atoms with Gasteiger partial charge < -0.3 is 4.74 Å². The Morgan fingerprint density at radius 3 is 2.10 bits per heavy atom. The van der Waals surface area contributed by atoms with Crippen molar-refractivity contribution in [2.24, 2.45) is 11.8 Å². The normalized spacial score (nSPS) is 24.3. The number of hydrogen-bond acceptors (Lipinski definition) is 1. The molecule has 0 aromatic rings. The molecule has 1 aliphatic rings. The van der Waals surface area contributed by atoms with Crippen LogP contribution >= 0.6 is 0 Å². The van der Waals surface area contributed by atoms with E-state index >= 15 is 0 Å². The van der Waals surface area contributed by atoms with E-state index in [-0.39, 0.29) is 0 Å². The second-order valence-electron chi connectivity index (χ2n) is 2.87. The molecule has 1 aliphatic heterocycles. The SMILES string of the molecule is CC.CC(C)C1CCOC1. The highest BCUT2D eigenvalue weighted by molar-refractivity contribution is 4.66. The molecule has 0 aromatic heterocycles. The van der Waals surface area contributed by atoms with Gasteiger partial charge in [-0.25, -0.2) is 0 Å². The maximum atomic E-state index is 5.22. The molecule has 0 aromatic carbocycles. The largest absolute Gasteiger partial charge is 0.381 e. The van der Waals surface area contributed by atoms with Gasteiger partial charge in [0.2, 0.25) is 0 Å². The molecule has 0 radical (unpaired) electrons. The van der Waals surface area contributed by atoms with E-state index in [4.69, 9.17) is 4.74 Å². The van der Waals surface area contributed by atoms with Gasteiger partial charge in [0, 0.05) is 13.2 Å². The Labute approximate surface area is 64.8 Å². The maximum Gasteiger partial charge on any atom is 0.0497 e. The van der Waals surface area contributed by atoms with E-state index < -0.39 is 0 Å². The second kappa shape index (κ2) is 5.72. The smallest absolute Gasteiger partial charge is 0.0497 e. The Balaban J connectivity index is 0.000000371. The van der Waals surface area contributed by atoms with Gasteiger partial charge in [-0.2, -0.15) is 0 Å². The van der Waals surface area contributed by atoms with Gasteiger partial charge in [0.25, 0.3) is 0 Å². The number of rotatable bonds is 1. The summed E-state index contributed by atoms with van der Waals surface area (Å²) in [5.74, 6) is 1.66. The summed E-state index contributed by atoms with van der Waals surface area (Å²) < 4.78 is 5.22. The van der Waals surface area contributed by atoms with Crippen LogP contribution in [0, 0.1) is 11.8 Å². The van der Waals surface area contributed by atoms with Crippen molar-refractivity contribution in [1.82, 2.24) is 0 Å². The molecule has 10 heavy (non-hydrogen) atoms. The van der Waals surface area contributed by atoms with Crippen molar-refractivity contribution in [2.75, 3.05) is 13.2 Å². The molecule has 1 nitrogen and oxygen atoms in total. The molecule has 0 spiro atoms. The predicted molar refractivity (Wildman–Crippen MR) is 45.1 cm³/mol. The van der Waals surface area contributed by atoms with E-state index in [0.717, 1.165) is 25.0 Å². The molecule has 0 N–H and O–H groups in total. The fourth-order valence-corrected chi connectivity index (χ4v) is 1.08. The third-order valence-electron chi connectivity index (χ3n) is 1.91. The van der Waals surface area contributed by atoms with Gasteiger partial charge in [0.1, 0.15) is 0 Å². The first-order valence-electron chi connectivity index (χ1n) is 4.38. The zero-order valence-corrected chi connectivity index (χ0v) is 7.68. The predicted octanol–water partition coefficient (Wildman–Crippen LogP) is 2.71. The van der Waals surface area contributed by atoms with Gasteiger partial charge in [0.15, 0.2) is 0 Å². The Kier molecular flexibility index (Phi) is 5.70. The van der Waals surface area contributed by atoms with Crippen molar-refractivity contribution in [3.05, 3.63) is 0 Å². The van der Waals surface area contributed by atoms with Crippen LogP contribution < -0.4 is 0 Å². The van der Waals surface area contributed by atoms with E-state index in [9.17, 15) is 0 Å². The second-order valence-corrected chi connectivity index (χ2v) is 2.87. The fraction of sp³-hybridized carbons (Fsp3) is 1.00. The van der Waals surface area contributed by atoms with Crippen LogP contribution in [0.1, 0.15) is 34.1 Å². The molecule has 0 aliphatic carbocycles. The van der Waals surface area contributed by atoms with Gasteiger partial charge in [-0.05, 0) is 18.3 Å². The van der Waals surface area contributed by atoms with E-state index in [2.05, 4.69) is 13.8 Å². The number of ether oxygens (including phenoxy) is 1. The molecule has 1 saturated heterocycles. The van der Waals surface area contributed by atoms with Crippen molar-refractivity contribution in [1.29, 1.82) is 0 Å². The molecule has 1 unspecified atom stereocenters. The van der Waals surface area contributed by atoms with E-state index in [0.29, 0.717) is 0 Å². The minimum Gasteiger partial charge on any atom is -0.381 e. The summed E-state index contributed by atoms with van der Waals surface area (Å²) in [5.41, 5.74) is 0. The molecule has 1 heterocycles. The van der Waals surface area contributed by atoms with Gasteiger partial charge in [-0.3, -0.25) is 0 Å². The van der Waals surface area contributed by atoms with Crippen LogP contribution in [-0.2, 0) is 4.74 Å². The minimum absolute atomic E-state index is 0.817. The minimum atomic E-state index is 0.817. The average Bonchev–Trinajstić information content (AvgIpc) is 2.42. The van der Waals surface area contributed by atoms with Crippen LogP contribution in [-0.4, -0.2) is 13.2 Å². The topological polar surface area (TPSA) is 9.23 Å². The molecule has 62 valence electrons. The number of hydrogen-bond donors (Lipinski definition) is 0. The lowest BCUT2D eigenvalue weighted by Gasteiger charge is -2.09. The maximum absolute atomic E-state index is 5.22. The summed E-state index contributed by atoms with van der Waals surface area (Å²) in [6, 6.07) is 0. The Hall–Kier alpha value is -0.0400. The zero-order valence-electron chi connectivity index (χ0n) is 7.68. The van der Waals surface area contributed by atoms with Crippen molar-refractivity contribution in [2.45, 2.75) is 34.1 Å². The lowest BCUT2D eigenvalue weighted by atomic mass is 9.96. The van der Waals surface area contributed by atoms with Crippen molar-refractivity contribution in [3.63, 3.8) is 0 Å². The molecular formula is C9H20O. The van der Waals surface area contributed by atoms with Gasteiger partial charge in [-0.15, -0.1) is 0 Å². The zero-order chi connectivity index (χ0) is 7.98. The third-order valence-corrected chi connectivity index (χ3v) is 1.91. The van der Waals surface area contributed by atoms with Gasteiger partial charge >= 0.3 is 0 Å². The van der Waals surface area contributed by atoms with Crippen LogP contribution in [0.3, 0.4) is 0 Å². The van der Waals surface area contributed by atoms with Crippen molar-refractivity contribution >= 4 is 0 Å². The van der Waals surface area contributed by atoms with Crippen LogP contribution in [0.15, 0.2) is 0 Å². The third kappa shape index (κ3) is 3.21. The van der Waals surface area contributed by atoms with Crippen LogP contribution in [0.4, 0.5) is 0 Å². The lowest BCUT2D eigenvalue weighted by Crippen LogP contribution is -2.06. The molecule has 0 bridgehead atoms. The highest BCUT2D eigenvalue weighted by Crippen LogP contribution is 2.20. The standard InChI is InChI=1S/C7H14O.C2H6/c1-6(2)7-3-4-8-5-7;1-2/h6-7H,3-5H2,1-2H3;1-2H3. The summed E-state index contributed by atoms with van der Waals surface area (Å²) in [7, 11) is 0. The summed E-state index contributed by atoms with van der Waals surface area (Å²) in [6.45, 7) is 10.5. The monoisotopic (exact) mass is 144 g/mol. The lowest BCUT2D eigenvalue weighted by molar-refractivity contribution is 0.177. The van der Waals surface area contributed by atoms with Gasteiger partial charge in [0.05, 0.1) is 0 Å². The molecule has 1 fully saturated rings. The summed E-state index contributed by atoms with van der Waals surface area (Å²) >= 11 is 0. The first kappa shape index (κ1) is 9.96. The van der Waals surface area contributed by atoms with Crippen molar-refractivity contribution in [3.8, 4) is 0 Å². The van der Waals surface area contributed by atoms with Crippen molar-refractivity contribution < 1.29 is 4.74 Å². The first-order chi connectivity index (χ1) is 4.80. The molecule has 0 amide bonds. The Morgan fingerprint density at radius 1 is 1.30 bits per heavy atom. The van der Waals surface area contributed by atoms with E-state index in [1.54, 1.807) is 0 Å². The summed E-state index contributed by atoms with van der Waals surface area (Å²) in [4.78, 5) is 0. The van der Waals surface area contributed by atoms with Crippen LogP contribution in [0.5, 0.6) is 0 Å². The Bertz CT molecular complexity index is 63.1.